The molecular formula is C14H11BrFNO2. The Morgan fingerprint density at radius 1 is 1.37 bits per heavy atom. The van der Waals surface area contributed by atoms with Gasteiger partial charge in [0.05, 0.1) is 12.7 Å². The summed E-state index contributed by atoms with van der Waals surface area (Å²) in [6, 6.07) is 6.47. The first-order chi connectivity index (χ1) is 9.04. The predicted molar refractivity (Wildman–Crippen MR) is 73.1 cm³/mol. The zero-order valence-corrected chi connectivity index (χ0v) is 12.0. The quantitative estimate of drug-likeness (QED) is 0.811. The van der Waals surface area contributed by atoms with Crippen LogP contribution in [-0.2, 0) is 0 Å². The van der Waals surface area contributed by atoms with E-state index in [2.05, 4.69) is 20.9 Å². The summed E-state index contributed by atoms with van der Waals surface area (Å²) >= 11 is 3.35. The monoisotopic (exact) mass is 323 g/mol. The molecule has 0 saturated carbocycles. The second-order valence-corrected chi connectivity index (χ2v) is 4.83. The maximum Gasteiger partial charge on any atom is 0.250 e. The standard InChI is InChI=1S/C14H11BrFNO2/c1-8-3-4-9(7-11(8)15)13(18)10-5-6-17-14(19-2)12(10)16/h3-7H,1-2H3. The molecule has 0 aliphatic carbocycles. The highest BCUT2D eigenvalue weighted by Gasteiger charge is 2.18. The number of aromatic nitrogens is 1. The average molecular weight is 324 g/mol. The number of halogens is 2. The van der Waals surface area contributed by atoms with Crippen LogP contribution in [0.2, 0.25) is 0 Å². The van der Waals surface area contributed by atoms with Crippen molar-refractivity contribution in [1.29, 1.82) is 0 Å². The second-order valence-electron chi connectivity index (χ2n) is 3.97. The number of hydrogen-bond acceptors (Lipinski definition) is 3. The van der Waals surface area contributed by atoms with E-state index >= 15 is 0 Å². The van der Waals surface area contributed by atoms with E-state index in [4.69, 9.17) is 4.74 Å². The van der Waals surface area contributed by atoms with Crippen LogP contribution in [0.15, 0.2) is 34.9 Å². The third kappa shape index (κ3) is 2.66. The summed E-state index contributed by atoms with van der Waals surface area (Å²) < 4.78 is 19.5. The molecule has 0 radical (unpaired) electrons. The van der Waals surface area contributed by atoms with Crippen molar-refractivity contribution in [3.63, 3.8) is 0 Å². The smallest absolute Gasteiger partial charge is 0.250 e. The lowest BCUT2D eigenvalue weighted by Gasteiger charge is -2.07. The Labute approximate surface area is 118 Å². The lowest BCUT2D eigenvalue weighted by Crippen LogP contribution is -2.06. The second kappa shape index (κ2) is 5.48. The van der Waals surface area contributed by atoms with Gasteiger partial charge in [0.1, 0.15) is 0 Å². The first-order valence-corrected chi connectivity index (χ1v) is 6.33. The lowest BCUT2D eigenvalue weighted by molar-refractivity contribution is 0.103. The van der Waals surface area contributed by atoms with Gasteiger partial charge in [-0.25, -0.2) is 9.37 Å². The Hall–Kier alpha value is -1.75. The molecule has 19 heavy (non-hydrogen) atoms. The molecule has 3 nitrogen and oxygen atoms in total. The summed E-state index contributed by atoms with van der Waals surface area (Å²) in [6.45, 7) is 1.91. The number of ketones is 1. The van der Waals surface area contributed by atoms with Crippen molar-refractivity contribution < 1.29 is 13.9 Å². The van der Waals surface area contributed by atoms with Crippen molar-refractivity contribution in [3.05, 3.63) is 57.4 Å². The van der Waals surface area contributed by atoms with Gasteiger partial charge in [-0.15, -0.1) is 0 Å². The number of nitrogens with zero attached hydrogens (tertiary/aromatic N) is 1. The number of benzene rings is 1. The zero-order valence-electron chi connectivity index (χ0n) is 10.4. The highest BCUT2D eigenvalue weighted by atomic mass is 79.9. The molecule has 1 aromatic heterocycles. The molecule has 2 aromatic rings. The van der Waals surface area contributed by atoms with E-state index in [1.165, 1.54) is 19.4 Å². The minimum absolute atomic E-state index is 0.0531. The van der Waals surface area contributed by atoms with Crippen molar-refractivity contribution >= 4 is 21.7 Å². The van der Waals surface area contributed by atoms with Gasteiger partial charge in [-0.05, 0) is 24.6 Å². The van der Waals surface area contributed by atoms with Crippen LogP contribution in [0, 0.1) is 12.7 Å². The lowest BCUT2D eigenvalue weighted by atomic mass is 10.0. The van der Waals surface area contributed by atoms with Crippen molar-refractivity contribution in [2.24, 2.45) is 0 Å². The summed E-state index contributed by atoms with van der Waals surface area (Å²) in [6.07, 6.45) is 1.35. The fraction of sp³-hybridized carbons (Fsp3) is 0.143. The van der Waals surface area contributed by atoms with Gasteiger partial charge in [-0.2, -0.15) is 0 Å². The highest BCUT2D eigenvalue weighted by molar-refractivity contribution is 9.10. The van der Waals surface area contributed by atoms with Gasteiger partial charge in [0.25, 0.3) is 5.88 Å². The van der Waals surface area contributed by atoms with E-state index in [1.54, 1.807) is 18.2 Å². The SMILES string of the molecule is COc1nccc(C(=O)c2ccc(C)c(Br)c2)c1F. The molecule has 0 fully saturated rings. The Morgan fingerprint density at radius 2 is 2.11 bits per heavy atom. The van der Waals surface area contributed by atoms with Crippen LogP contribution in [0.3, 0.4) is 0 Å². The molecule has 0 N–H and O–H groups in total. The largest absolute Gasteiger partial charge is 0.479 e. The van der Waals surface area contributed by atoms with Gasteiger partial charge < -0.3 is 4.74 Å². The third-order valence-corrected chi connectivity index (χ3v) is 3.58. The van der Waals surface area contributed by atoms with Crippen LogP contribution in [0.1, 0.15) is 21.5 Å². The molecule has 1 aromatic carbocycles. The molecule has 0 spiro atoms. The van der Waals surface area contributed by atoms with Crippen molar-refractivity contribution in [2.45, 2.75) is 6.92 Å². The maximum atomic E-state index is 14.0. The Balaban J connectivity index is 2.47. The predicted octanol–water partition coefficient (Wildman–Crippen LogP) is 3.53. The Bertz CT molecular complexity index is 643. The Kier molecular flexibility index (Phi) is 3.95. The van der Waals surface area contributed by atoms with Gasteiger partial charge in [0.2, 0.25) is 0 Å². The van der Waals surface area contributed by atoms with E-state index in [0.717, 1.165) is 10.0 Å². The molecule has 1 heterocycles. The molecule has 98 valence electrons. The molecule has 0 saturated heterocycles. The van der Waals surface area contributed by atoms with E-state index in [1.807, 2.05) is 6.92 Å². The number of rotatable bonds is 3. The van der Waals surface area contributed by atoms with Crippen molar-refractivity contribution in [1.82, 2.24) is 4.98 Å². The van der Waals surface area contributed by atoms with E-state index in [0.29, 0.717) is 5.56 Å². The number of carbonyl (C=O) groups is 1. The normalized spacial score (nSPS) is 10.3. The van der Waals surface area contributed by atoms with Crippen molar-refractivity contribution in [3.8, 4) is 5.88 Å². The summed E-state index contributed by atoms with van der Waals surface area (Å²) in [5.74, 6) is -1.33. The van der Waals surface area contributed by atoms with Crippen LogP contribution >= 0.6 is 15.9 Å². The number of ether oxygens (including phenoxy) is 1. The molecule has 0 bridgehead atoms. The summed E-state index contributed by atoms with van der Waals surface area (Å²) in [5, 5.41) is 0. The van der Waals surface area contributed by atoms with Crippen molar-refractivity contribution in [2.75, 3.05) is 7.11 Å². The first-order valence-electron chi connectivity index (χ1n) is 5.54. The number of methoxy groups -OCH3 is 1. The van der Waals surface area contributed by atoms with Crippen LogP contribution < -0.4 is 4.74 Å². The topological polar surface area (TPSA) is 39.2 Å². The number of aryl methyl sites for hydroxylation is 1. The van der Waals surface area contributed by atoms with E-state index in [-0.39, 0.29) is 11.4 Å². The summed E-state index contributed by atoms with van der Waals surface area (Å²) in [4.78, 5) is 16.0. The summed E-state index contributed by atoms with van der Waals surface area (Å²) in [5.41, 5.74) is 1.36. The fourth-order valence-corrected chi connectivity index (χ4v) is 2.01. The molecule has 0 atom stereocenters. The van der Waals surface area contributed by atoms with E-state index < -0.39 is 11.6 Å². The fourth-order valence-electron chi connectivity index (χ4n) is 1.63. The molecule has 0 aliphatic rings. The molecule has 0 aliphatic heterocycles. The van der Waals surface area contributed by atoms with Gasteiger partial charge in [0, 0.05) is 16.2 Å². The van der Waals surface area contributed by atoms with Crippen LogP contribution in [0.25, 0.3) is 0 Å². The maximum absolute atomic E-state index is 14.0. The van der Waals surface area contributed by atoms with Gasteiger partial charge >= 0.3 is 0 Å². The number of hydrogen-bond donors (Lipinski definition) is 0. The Morgan fingerprint density at radius 3 is 2.74 bits per heavy atom. The van der Waals surface area contributed by atoms with Crippen LogP contribution in [0.5, 0.6) is 5.88 Å². The number of pyridine rings is 1. The molecule has 0 unspecified atom stereocenters. The van der Waals surface area contributed by atoms with Gasteiger partial charge in [-0.3, -0.25) is 4.79 Å². The molecule has 2 rings (SSSR count). The minimum Gasteiger partial charge on any atom is -0.479 e. The summed E-state index contributed by atoms with van der Waals surface area (Å²) in [7, 11) is 1.31. The number of carbonyl (C=O) groups excluding carboxylic acids is 1. The molecular weight excluding hydrogens is 313 g/mol. The molecule has 0 amide bonds. The first kappa shape index (κ1) is 13.7. The minimum atomic E-state index is -0.744. The van der Waals surface area contributed by atoms with Crippen LogP contribution in [0.4, 0.5) is 4.39 Å². The van der Waals surface area contributed by atoms with Gasteiger partial charge in [0.15, 0.2) is 11.6 Å². The third-order valence-electron chi connectivity index (χ3n) is 2.73. The zero-order chi connectivity index (χ0) is 14.0. The van der Waals surface area contributed by atoms with Crippen LogP contribution in [-0.4, -0.2) is 17.9 Å². The average Bonchev–Trinajstić information content (AvgIpc) is 2.41. The van der Waals surface area contributed by atoms with E-state index in [9.17, 15) is 9.18 Å². The highest BCUT2D eigenvalue weighted by Crippen LogP contribution is 2.23. The molecule has 5 heteroatoms. The van der Waals surface area contributed by atoms with Gasteiger partial charge in [-0.1, -0.05) is 28.1 Å².